The van der Waals surface area contributed by atoms with Crippen molar-refractivity contribution < 1.29 is 34.3 Å². The van der Waals surface area contributed by atoms with Gasteiger partial charge in [-0.25, -0.2) is 0 Å². The molecule has 0 aromatic rings. The van der Waals surface area contributed by atoms with Crippen LogP contribution in [0.25, 0.3) is 0 Å². The van der Waals surface area contributed by atoms with Crippen LogP contribution in [0.4, 0.5) is 0 Å². The summed E-state index contributed by atoms with van der Waals surface area (Å²) in [4.78, 5) is 12.6. The minimum Gasteiger partial charge on any atom is -0.463 e. The lowest BCUT2D eigenvalue weighted by molar-refractivity contribution is -0.313. The molecule has 4 aliphatic carbocycles. The van der Waals surface area contributed by atoms with Crippen molar-refractivity contribution in [3.8, 4) is 0 Å². The van der Waals surface area contributed by atoms with E-state index in [1.54, 1.807) is 0 Å². The molecule has 7 nitrogen and oxygen atoms in total. The Balaban J connectivity index is 1.08. The van der Waals surface area contributed by atoms with Crippen LogP contribution in [0.15, 0.2) is 23.8 Å². The molecule has 7 heteroatoms. The van der Waals surface area contributed by atoms with E-state index >= 15 is 0 Å². The maximum atomic E-state index is 12.6. The van der Waals surface area contributed by atoms with Crippen LogP contribution in [0, 0.1) is 52.3 Å². The summed E-state index contributed by atoms with van der Waals surface area (Å²) in [5.74, 6) is 4.62. The summed E-state index contributed by atoms with van der Waals surface area (Å²) in [6.45, 7) is 16.7. The number of ether oxygens (including phenoxy) is 3. The van der Waals surface area contributed by atoms with Gasteiger partial charge in [0.15, 0.2) is 6.29 Å². The number of carbonyl (C=O) groups is 1. The number of esters is 1. The Hall–Kier alpha value is -1.25. The Morgan fingerprint density at radius 2 is 1.52 bits per heavy atom. The van der Waals surface area contributed by atoms with E-state index in [1.165, 1.54) is 89.0 Å². The fourth-order valence-electron chi connectivity index (χ4n) is 12.5. The number of carbonyl (C=O) groups excluding carboxylic acids is 1. The first-order chi connectivity index (χ1) is 26.8. The van der Waals surface area contributed by atoms with Crippen LogP contribution < -0.4 is 0 Å². The van der Waals surface area contributed by atoms with Gasteiger partial charge < -0.3 is 29.5 Å². The monoisotopic (exact) mass is 785 g/mol. The van der Waals surface area contributed by atoms with Gasteiger partial charge in [0.1, 0.15) is 31.0 Å². The van der Waals surface area contributed by atoms with Gasteiger partial charge in [0.25, 0.3) is 0 Å². The predicted molar refractivity (Wildman–Crippen MR) is 226 cm³/mol. The summed E-state index contributed by atoms with van der Waals surface area (Å²) in [5, 5.41) is 32.4. The number of hydrogen-bond acceptors (Lipinski definition) is 7. The van der Waals surface area contributed by atoms with Crippen LogP contribution >= 0.6 is 0 Å². The first-order valence-electron chi connectivity index (χ1n) is 23.7. The number of aliphatic hydroxyl groups excluding tert-OH is 3. The average Bonchev–Trinajstić information content (AvgIpc) is 3.54. The van der Waals surface area contributed by atoms with E-state index < -0.39 is 30.7 Å². The predicted octanol–water partition coefficient (Wildman–Crippen LogP) is 10.9. The Morgan fingerprint density at radius 1 is 0.839 bits per heavy atom. The lowest BCUT2D eigenvalue weighted by Crippen LogP contribution is -2.60. The van der Waals surface area contributed by atoms with Gasteiger partial charge in [-0.2, -0.15) is 0 Å². The molecule has 1 heterocycles. The normalized spacial score (nSPS) is 38.2. The van der Waals surface area contributed by atoms with Gasteiger partial charge in [-0.15, -0.1) is 0 Å². The number of aliphatic hydroxyl groups is 3. The van der Waals surface area contributed by atoms with Gasteiger partial charge in [0.05, 0.1) is 6.10 Å². The molecular formula is C49H84O7. The van der Waals surface area contributed by atoms with Crippen LogP contribution in [0.5, 0.6) is 0 Å². The molecule has 5 rings (SSSR count). The number of allylic oxidation sites excluding steroid dienone is 3. The van der Waals surface area contributed by atoms with Crippen molar-refractivity contribution in [1.82, 2.24) is 0 Å². The third-order valence-corrected chi connectivity index (χ3v) is 16.1. The van der Waals surface area contributed by atoms with Crippen molar-refractivity contribution in [3.63, 3.8) is 0 Å². The molecule has 0 unspecified atom stereocenters. The molecule has 0 radical (unpaired) electrons. The Bertz CT molecular complexity index is 1260. The van der Waals surface area contributed by atoms with E-state index in [-0.39, 0.29) is 24.1 Å². The van der Waals surface area contributed by atoms with Crippen molar-refractivity contribution >= 4 is 5.97 Å². The highest BCUT2D eigenvalue weighted by atomic mass is 16.7. The van der Waals surface area contributed by atoms with E-state index in [9.17, 15) is 20.1 Å². The van der Waals surface area contributed by atoms with Crippen LogP contribution in [-0.2, 0) is 19.0 Å². The molecular weight excluding hydrogens is 701 g/mol. The van der Waals surface area contributed by atoms with Crippen molar-refractivity contribution in [2.24, 2.45) is 52.3 Å². The number of hydrogen-bond donors (Lipinski definition) is 3. The molecule has 14 atom stereocenters. The minimum atomic E-state index is -1.44. The van der Waals surface area contributed by atoms with E-state index in [0.717, 1.165) is 62.7 Å². The van der Waals surface area contributed by atoms with Crippen LogP contribution in [0.2, 0.25) is 0 Å². The fraction of sp³-hybridized carbons (Fsp3) is 0.898. The van der Waals surface area contributed by atoms with Gasteiger partial charge in [0, 0.05) is 6.42 Å². The minimum absolute atomic E-state index is 0.146. The summed E-state index contributed by atoms with van der Waals surface area (Å²) in [6.07, 6.45) is 25.3. The van der Waals surface area contributed by atoms with Gasteiger partial charge >= 0.3 is 5.97 Å². The molecule has 3 saturated carbocycles. The van der Waals surface area contributed by atoms with Crippen molar-refractivity contribution in [3.05, 3.63) is 23.8 Å². The van der Waals surface area contributed by atoms with Crippen LogP contribution in [0.3, 0.4) is 0 Å². The second-order valence-corrected chi connectivity index (χ2v) is 20.0. The van der Waals surface area contributed by atoms with Gasteiger partial charge in [-0.05, 0) is 116 Å². The average molecular weight is 785 g/mol. The van der Waals surface area contributed by atoms with Crippen molar-refractivity contribution in [2.75, 3.05) is 6.61 Å². The Kier molecular flexibility index (Phi) is 17.4. The zero-order chi connectivity index (χ0) is 40.5. The first kappa shape index (κ1) is 45.8. The summed E-state index contributed by atoms with van der Waals surface area (Å²) in [7, 11) is 0. The zero-order valence-electron chi connectivity index (χ0n) is 36.8. The molecule has 0 aromatic carbocycles. The molecule has 1 saturated heterocycles. The standard InChI is InChI=1S/C49H84O7/c1-8-10-11-12-13-14-15-16-17-18-19-20-43(50)54-32-42-44(51)45(52)46(53)47(56-42)55-37-27-29-48(6)36(31-37)23-24-38-40-26-25-39(49(40,7)30-28-41(38)48)34(5)21-22-35(9-2)33(3)4/h21-23,33-35,37-42,44-47,51-53H,8-20,24-32H2,1-7H3/b22-21+/t34-,35-,37+,38+,39-,40+,41+,42-,44-,45+,46-,47-,48+,49-/m1/s1. The molecule has 322 valence electrons. The maximum Gasteiger partial charge on any atom is 0.305 e. The highest BCUT2D eigenvalue weighted by molar-refractivity contribution is 5.69. The van der Waals surface area contributed by atoms with Crippen LogP contribution in [-0.4, -0.2) is 64.7 Å². The second kappa shape index (κ2) is 21.3. The summed E-state index contributed by atoms with van der Waals surface area (Å²) < 4.78 is 18.0. The van der Waals surface area contributed by atoms with Gasteiger partial charge in [0.2, 0.25) is 0 Å². The zero-order valence-corrected chi connectivity index (χ0v) is 36.8. The smallest absolute Gasteiger partial charge is 0.305 e. The maximum absolute atomic E-state index is 12.6. The van der Waals surface area contributed by atoms with Crippen molar-refractivity contribution in [1.29, 1.82) is 0 Å². The van der Waals surface area contributed by atoms with Crippen LogP contribution in [0.1, 0.15) is 183 Å². The summed E-state index contributed by atoms with van der Waals surface area (Å²) in [5.41, 5.74) is 2.05. The topological polar surface area (TPSA) is 105 Å². The number of fused-ring (bicyclic) bond motifs is 5. The number of rotatable bonds is 21. The third-order valence-electron chi connectivity index (χ3n) is 16.1. The van der Waals surface area contributed by atoms with Gasteiger partial charge in [-0.1, -0.05) is 136 Å². The highest BCUT2D eigenvalue weighted by Gasteiger charge is 2.59. The molecule has 56 heavy (non-hydrogen) atoms. The van der Waals surface area contributed by atoms with Gasteiger partial charge in [-0.3, -0.25) is 4.79 Å². The molecule has 1 aliphatic heterocycles. The highest BCUT2D eigenvalue weighted by Crippen LogP contribution is 2.67. The molecule has 0 aromatic heterocycles. The lowest BCUT2D eigenvalue weighted by Gasteiger charge is -2.58. The Morgan fingerprint density at radius 3 is 2.18 bits per heavy atom. The Labute approximate surface area is 342 Å². The molecule has 5 aliphatic rings. The summed E-state index contributed by atoms with van der Waals surface area (Å²) in [6, 6.07) is 0. The van der Waals surface area contributed by atoms with E-state index in [4.69, 9.17) is 14.2 Å². The number of unbranched alkanes of at least 4 members (excludes halogenated alkanes) is 10. The fourth-order valence-corrected chi connectivity index (χ4v) is 12.5. The van der Waals surface area contributed by atoms with E-state index in [2.05, 4.69) is 66.7 Å². The molecule has 3 N–H and O–H groups in total. The molecule has 0 spiro atoms. The summed E-state index contributed by atoms with van der Waals surface area (Å²) >= 11 is 0. The van der Waals surface area contributed by atoms with E-state index in [0.29, 0.717) is 35.5 Å². The van der Waals surface area contributed by atoms with Crippen molar-refractivity contribution in [2.45, 2.75) is 220 Å². The SMILES string of the molecule is CCCCCCCCCCCCCC(=O)OC[C@H]1O[C@@H](O[C@H]2CC[C@@]3(C)C(=CC[C@H]4[C@@H]5CC[C@H]([C@H](C)/C=C/[C@@H](CC)C(C)C)[C@@]5(C)CC[C@@H]43)C2)[C@H](O)[C@@H](O)[C@@H]1O. The lowest BCUT2D eigenvalue weighted by atomic mass is 9.47. The molecule has 0 bridgehead atoms. The molecule has 0 amide bonds. The second-order valence-electron chi connectivity index (χ2n) is 20.0. The van der Waals surface area contributed by atoms with E-state index in [1.807, 2.05) is 0 Å². The largest absolute Gasteiger partial charge is 0.463 e. The molecule has 4 fully saturated rings. The third kappa shape index (κ3) is 10.9. The quantitative estimate of drug-likeness (QED) is 0.0605. The first-order valence-corrected chi connectivity index (χ1v) is 23.7.